The van der Waals surface area contributed by atoms with Gasteiger partial charge >= 0.3 is 0 Å². The molecule has 0 aromatic heterocycles. The third kappa shape index (κ3) is 4.05. The highest BCUT2D eigenvalue weighted by molar-refractivity contribution is 6.46. The van der Waals surface area contributed by atoms with Crippen molar-refractivity contribution in [2.45, 2.75) is 25.0 Å². The first-order valence-corrected chi connectivity index (χ1v) is 11.5. The summed E-state index contributed by atoms with van der Waals surface area (Å²) in [6, 6.07) is 9.28. The van der Waals surface area contributed by atoms with Crippen molar-refractivity contribution in [2.24, 2.45) is 0 Å². The predicted molar refractivity (Wildman–Crippen MR) is 125 cm³/mol. The number of aliphatic hydroxyl groups excluding tert-OH is 1. The molecule has 2 aromatic carbocycles. The fourth-order valence-corrected chi connectivity index (χ4v) is 4.87. The van der Waals surface area contributed by atoms with E-state index in [1.807, 2.05) is 0 Å². The summed E-state index contributed by atoms with van der Waals surface area (Å²) < 4.78 is 28.0. The van der Waals surface area contributed by atoms with Crippen molar-refractivity contribution in [3.63, 3.8) is 0 Å². The van der Waals surface area contributed by atoms with Crippen LogP contribution >= 0.6 is 0 Å². The zero-order valence-corrected chi connectivity index (χ0v) is 19.6. The van der Waals surface area contributed by atoms with E-state index in [0.717, 1.165) is 12.8 Å². The summed E-state index contributed by atoms with van der Waals surface area (Å²) in [5.74, 6) is 0.0751. The van der Waals surface area contributed by atoms with E-state index in [9.17, 15) is 14.7 Å². The zero-order chi connectivity index (χ0) is 24.5. The molecular formula is C26H27NO8. The lowest BCUT2D eigenvalue weighted by Crippen LogP contribution is -2.36. The van der Waals surface area contributed by atoms with E-state index < -0.39 is 17.7 Å². The number of amides is 1. The molecule has 2 fully saturated rings. The average Bonchev–Trinajstić information content (AvgIpc) is 3.49. The first kappa shape index (κ1) is 23.0. The molecule has 2 unspecified atom stereocenters. The Balaban J connectivity index is 1.66. The van der Waals surface area contributed by atoms with Crippen LogP contribution in [-0.4, -0.2) is 68.4 Å². The standard InChI is InChI=1S/C26H27NO8/c1-31-19-7-3-6-17(25(19)32-2)22-21(24(29)26(30)27(22)14-16-5-4-10-33-16)23(28)15-8-9-18-20(13-15)35-12-11-34-18/h3,6-9,13,16,22,28H,4-5,10-12,14H2,1-2H3. The molecule has 1 amide bonds. The summed E-state index contributed by atoms with van der Waals surface area (Å²) in [6.45, 7) is 1.64. The molecule has 2 aromatic rings. The van der Waals surface area contributed by atoms with Crippen molar-refractivity contribution < 1.29 is 38.4 Å². The van der Waals surface area contributed by atoms with Gasteiger partial charge in [0.2, 0.25) is 0 Å². The van der Waals surface area contributed by atoms with Crippen molar-refractivity contribution in [3.8, 4) is 23.0 Å². The maximum absolute atomic E-state index is 13.4. The Hall–Kier alpha value is -3.72. The van der Waals surface area contributed by atoms with Gasteiger partial charge in [-0.25, -0.2) is 0 Å². The lowest BCUT2D eigenvalue weighted by atomic mass is 9.94. The number of likely N-dealkylation sites (tertiary alicyclic amines) is 1. The molecule has 9 nitrogen and oxygen atoms in total. The van der Waals surface area contributed by atoms with Crippen LogP contribution in [0.1, 0.15) is 30.0 Å². The van der Waals surface area contributed by atoms with E-state index in [2.05, 4.69) is 0 Å². The van der Waals surface area contributed by atoms with E-state index >= 15 is 0 Å². The first-order valence-electron chi connectivity index (χ1n) is 11.5. The number of hydrogen-bond donors (Lipinski definition) is 1. The third-order valence-electron chi connectivity index (χ3n) is 6.51. The molecule has 9 heteroatoms. The number of methoxy groups -OCH3 is 2. The molecule has 0 spiro atoms. The van der Waals surface area contributed by atoms with Crippen LogP contribution in [0.15, 0.2) is 42.0 Å². The number of rotatable bonds is 6. The van der Waals surface area contributed by atoms with Gasteiger partial charge in [-0.15, -0.1) is 0 Å². The molecule has 2 saturated heterocycles. The second kappa shape index (κ2) is 9.50. The van der Waals surface area contributed by atoms with Gasteiger partial charge in [0, 0.05) is 24.3 Å². The largest absolute Gasteiger partial charge is 0.507 e. The summed E-state index contributed by atoms with van der Waals surface area (Å²) in [6.07, 6.45) is 1.48. The summed E-state index contributed by atoms with van der Waals surface area (Å²) in [4.78, 5) is 28.1. The molecule has 0 aliphatic carbocycles. The highest BCUT2D eigenvalue weighted by Crippen LogP contribution is 2.46. The second-order valence-corrected chi connectivity index (χ2v) is 8.53. The number of Topliss-reactive ketones (excluding diaryl/α,β-unsaturated/α-hetero) is 1. The molecule has 3 heterocycles. The molecule has 184 valence electrons. The molecule has 0 radical (unpaired) electrons. The zero-order valence-electron chi connectivity index (χ0n) is 19.6. The Labute approximate surface area is 202 Å². The van der Waals surface area contributed by atoms with Crippen LogP contribution in [0.4, 0.5) is 0 Å². The molecular weight excluding hydrogens is 454 g/mol. The van der Waals surface area contributed by atoms with E-state index in [-0.39, 0.29) is 24.0 Å². The predicted octanol–water partition coefficient (Wildman–Crippen LogP) is 3.08. The number of nitrogens with zero attached hydrogens (tertiary/aromatic N) is 1. The number of ether oxygens (including phenoxy) is 5. The number of fused-ring (bicyclic) bond motifs is 1. The summed E-state index contributed by atoms with van der Waals surface area (Å²) in [5.41, 5.74) is 0.843. The van der Waals surface area contributed by atoms with Crippen molar-refractivity contribution in [1.82, 2.24) is 4.90 Å². The van der Waals surface area contributed by atoms with Gasteiger partial charge in [0.25, 0.3) is 11.7 Å². The van der Waals surface area contributed by atoms with Crippen molar-refractivity contribution >= 4 is 17.4 Å². The Morgan fingerprint density at radius 2 is 1.86 bits per heavy atom. The Morgan fingerprint density at radius 3 is 2.57 bits per heavy atom. The number of carbonyl (C=O) groups excluding carboxylic acids is 2. The maximum Gasteiger partial charge on any atom is 0.295 e. The Bertz CT molecular complexity index is 1180. The minimum Gasteiger partial charge on any atom is -0.507 e. The van der Waals surface area contributed by atoms with Crippen LogP contribution in [0.25, 0.3) is 5.76 Å². The first-order chi connectivity index (χ1) is 17.0. The third-order valence-corrected chi connectivity index (χ3v) is 6.51. The highest BCUT2D eigenvalue weighted by atomic mass is 16.6. The van der Waals surface area contributed by atoms with Crippen LogP contribution in [0.3, 0.4) is 0 Å². The SMILES string of the molecule is COc1cccc(C2C(=C(O)c3ccc4c(c3)OCCO4)C(=O)C(=O)N2CC2CCCO2)c1OC. The number of para-hydroxylation sites is 1. The smallest absolute Gasteiger partial charge is 0.295 e. The fourth-order valence-electron chi connectivity index (χ4n) is 4.87. The second-order valence-electron chi connectivity index (χ2n) is 8.53. The fraction of sp³-hybridized carbons (Fsp3) is 0.385. The van der Waals surface area contributed by atoms with Crippen LogP contribution in [0.5, 0.6) is 23.0 Å². The lowest BCUT2D eigenvalue weighted by molar-refractivity contribution is -0.140. The minimum atomic E-state index is -0.891. The molecule has 3 aliphatic rings. The molecule has 35 heavy (non-hydrogen) atoms. The van der Waals surface area contributed by atoms with Crippen LogP contribution < -0.4 is 18.9 Å². The molecule has 0 saturated carbocycles. The molecule has 0 bridgehead atoms. The highest BCUT2D eigenvalue weighted by Gasteiger charge is 2.48. The van der Waals surface area contributed by atoms with Crippen molar-refractivity contribution in [1.29, 1.82) is 0 Å². The molecule has 2 atom stereocenters. The number of carbonyl (C=O) groups is 2. The van der Waals surface area contributed by atoms with Gasteiger partial charge in [-0.3, -0.25) is 9.59 Å². The lowest BCUT2D eigenvalue weighted by Gasteiger charge is -2.29. The number of aliphatic hydroxyl groups is 1. The number of hydrogen-bond acceptors (Lipinski definition) is 8. The van der Waals surface area contributed by atoms with Crippen LogP contribution in [0, 0.1) is 0 Å². The average molecular weight is 482 g/mol. The van der Waals surface area contributed by atoms with Crippen LogP contribution in [-0.2, 0) is 14.3 Å². The van der Waals surface area contributed by atoms with Crippen molar-refractivity contribution in [3.05, 3.63) is 53.1 Å². The van der Waals surface area contributed by atoms with Gasteiger partial charge in [-0.1, -0.05) is 12.1 Å². The van der Waals surface area contributed by atoms with E-state index in [0.29, 0.717) is 53.9 Å². The molecule has 3 aliphatic heterocycles. The molecule has 5 rings (SSSR count). The van der Waals surface area contributed by atoms with Gasteiger partial charge in [0.15, 0.2) is 23.0 Å². The van der Waals surface area contributed by atoms with Gasteiger partial charge in [0.1, 0.15) is 19.0 Å². The summed E-state index contributed by atoms with van der Waals surface area (Å²) in [7, 11) is 3.01. The van der Waals surface area contributed by atoms with Gasteiger partial charge in [0.05, 0.1) is 31.9 Å². The summed E-state index contributed by atoms with van der Waals surface area (Å²) >= 11 is 0. The van der Waals surface area contributed by atoms with E-state index in [4.69, 9.17) is 23.7 Å². The Kier molecular flexibility index (Phi) is 6.25. The van der Waals surface area contributed by atoms with Gasteiger partial charge < -0.3 is 33.7 Å². The Morgan fingerprint density at radius 1 is 1.06 bits per heavy atom. The molecule has 1 N–H and O–H groups in total. The monoisotopic (exact) mass is 481 g/mol. The van der Waals surface area contributed by atoms with E-state index in [1.54, 1.807) is 36.4 Å². The number of ketones is 1. The minimum absolute atomic E-state index is 0.0313. The van der Waals surface area contributed by atoms with E-state index in [1.165, 1.54) is 19.1 Å². The normalized spacial score (nSPS) is 23.0. The quantitative estimate of drug-likeness (QED) is 0.382. The van der Waals surface area contributed by atoms with Gasteiger partial charge in [-0.05, 0) is 37.1 Å². The number of benzene rings is 2. The topological polar surface area (TPSA) is 104 Å². The van der Waals surface area contributed by atoms with Crippen molar-refractivity contribution in [2.75, 3.05) is 40.6 Å². The summed E-state index contributed by atoms with van der Waals surface area (Å²) in [5, 5.41) is 11.4. The van der Waals surface area contributed by atoms with Crippen LogP contribution in [0.2, 0.25) is 0 Å². The maximum atomic E-state index is 13.4. The van der Waals surface area contributed by atoms with Gasteiger partial charge in [-0.2, -0.15) is 0 Å².